The molecule has 1 aliphatic rings. The summed E-state index contributed by atoms with van der Waals surface area (Å²) in [7, 11) is 0. The highest BCUT2D eigenvalue weighted by Crippen LogP contribution is 2.28. The number of amides is 3. The summed E-state index contributed by atoms with van der Waals surface area (Å²) in [5, 5.41) is 16.2. The van der Waals surface area contributed by atoms with Gasteiger partial charge in [-0.1, -0.05) is 45.0 Å². The average molecular weight is 634 g/mol. The number of ether oxygens (including phenoxy) is 3. The largest absolute Gasteiger partial charge is 0.391 e. The number of hydrogen-bond donors (Lipinski definition) is 4. The van der Waals surface area contributed by atoms with E-state index >= 15 is 0 Å². The van der Waals surface area contributed by atoms with Gasteiger partial charge in [-0.3, -0.25) is 14.4 Å². The third kappa shape index (κ3) is 10.9. The van der Waals surface area contributed by atoms with Crippen molar-refractivity contribution >= 4 is 29.1 Å². The molecule has 0 spiro atoms. The first-order valence-electron chi connectivity index (χ1n) is 15.0. The van der Waals surface area contributed by atoms with Crippen LogP contribution in [0.5, 0.6) is 0 Å². The fraction of sp³-hybridized carbons (Fsp3) is 0.613. The van der Waals surface area contributed by atoms with Gasteiger partial charge in [0.15, 0.2) is 0 Å². The lowest BCUT2D eigenvalue weighted by molar-refractivity contribution is -0.144. The van der Waals surface area contributed by atoms with Crippen LogP contribution in [0.1, 0.15) is 44.9 Å². The van der Waals surface area contributed by atoms with Gasteiger partial charge in [-0.25, -0.2) is 4.98 Å². The van der Waals surface area contributed by atoms with Gasteiger partial charge >= 0.3 is 0 Å². The van der Waals surface area contributed by atoms with E-state index in [2.05, 4.69) is 15.6 Å². The number of likely N-dealkylation sites (tertiary alicyclic amines) is 1. The molecule has 1 aromatic carbocycles. The number of rotatable bonds is 17. The van der Waals surface area contributed by atoms with Crippen LogP contribution in [0.25, 0.3) is 10.4 Å². The van der Waals surface area contributed by atoms with Gasteiger partial charge in [-0.15, -0.1) is 11.3 Å². The summed E-state index contributed by atoms with van der Waals surface area (Å²) in [5.41, 5.74) is 9.47. The standard InChI is InChI=1S/C31H47N5O7S/c1-21-27(44-20-34-21)23-7-5-22(6-8-23)18-33-29(39)25-17-24(37)19-36(25)30(40)28(31(2,3)4)35-26(38)9-11-41-13-15-43-16-14-42-12-10-32/h5-8,20,24-25,28,37H,9-19,32H2,1-4H3,(H,33,39)(H,35,38)/t24?,25-,28+/m0/s1. The third-order valence-electron chi connectivity index (χ3n) is 7.19. The molecule has 1 fully saturated rings. The number of aromatic nitrogens is 1. The highest BCUT2D eigenvalue weighted by atomic mass is 32.1. The van der Waals surface area contributed by atoms with Gasteiger partial charge in [-0.05, 0) is 23.5 Å². The fourth-order valence-corrected chi connectivity index (χ4v) is 5.62. The molecule has 5 N–H and O–H groups in total. The number of carbonyl (C=O) groups is 3. The van der Waals surface area contributed by atoms with Crippen molar-refractivity contribution in [3.63, 3.8) is 0 Å². The normalized spacial score (nSPS) is 17.5. The maximum absolute atomic E-state index is 13.7. The number of aliphatic hydroxyl groups is 1. The second-order valence-corrected chi connectivity index (χ2v) is 12.7. The maximum atomic E-state index is 13.7. The van der Waals surface area contributed by atoms with E-state index in [-0.39, 0.29) is 44.4 Å². The number of hydrogen-bond acceptors (Lipinski definition) is 10. The molecular formula is C31H47N5O7S. The van der Waals surface area contributed by atoms with Crippen LogP contribution in [0.3, 0.4) is 0 Å². The Kier molecular flexibility index (Phi) is 14.2. The van der Waals surface area contributed by atoms with Gasteiger partial charge in [0, 0.05) is 32.5 Å². The number of carbonyl (C=O) groups excluding carboxylic acids is 3. The van der Waals surface area contributed by atoms with Crippen LogP contribution in [0.4, 0.5) is 0 Å². The number of nitrogens with one attached hydrogen (secondary N) is 2. The van der Waals surface area contributed by atoms with Gasteiger partial charge < -0.3 is 40.6 Å². The van der Waals surface area contributed by atoms with Crippen LogP contribution >= 0.6 is 11.3 Å². The molecule has 1 aliphatic heterocycles. The first kappa shape index (κ1) is 35.5. The molecule has 2 aromatic rings. The monoisotopic (exact) mass is 633 g/mol. The van der Waals surface area contributed by atoms with E-state index in [1.165, 1.54) is 4.90 Å². The number of β-amino-alcohol motifs (C(OH)–C–C–N with tert-alkyl or cyclic N) is 1. The highest BCUT2D eigenvalue weighted by Gasteiger charge is 2.44. The Morgan fingerprint density at radius 1 is 1.07 bits per heavy atom. The number of nitrogens with two attached hydrogens (primary N) is 1. The third-order valence-corrected chi connectivity index (χ3v) is 8.17. The quantitative estimate of drug-likeness (QED) is 0.190. The molecule has 0 saturated carbocycles. The van der Waals surface area contributed by atoms with E-state index in [4.69, 9.17) is 19.9 Å². The molecule has 3 atom stereocenters. The Morgan fingerprint density at radius 2 is 1.70 bits per heavy atom. The lowest BCUT2D eigenvalue weighted by Gasteiger charge is -2.35. The van der Waals surface area contributed by atoms with E-state index in [1.54, 1.807) is 11.3 Å². The van der Waals surface area contributed by atoms with Crippen LogP contribution in [-0.4, -0.2) is 104 Å². The molecule has 244 valence electrons. The van der Waals surface area contributed by atoms with Gasteiger partial charge in [0.25, 0.3) is 0 Å². The molecule has 2 heterocycles. The fourth-order valence-electron chi connectivity index (χ4n) is 4.80. The van der Waals surface area contributed by atoms with E-state index in [0.717, 1.165) is 21.7 Å². The Labute approximate surface area is 263 Å². The van der Waals surface area contributed by atoms with Gasteiger partial charge in [0.2, 0.25) is 17.7 Å². The minimum Gasteiger partial charge on any atom is -0.391 e. The molecule has 3 amide bonds. The predicted octanol–water partition coefficient (Wildman–Crippen LogP) is 1.63. The van der Waals surface area contributed by atoms with Crippen molar-refractivity contribution in [2.45, 2.75) is 65.3 Å². The molecule has 1 saturated heterocycles. The van der Waals surface area contributed by atoms with Gasteiger partial charge in [0.05, 0.1) is 61.8 Å². The van der Waals surface area contributed by atoms with Crippen LogP contribution in [-0.2, 0) is 35.1 Å². The Balaban J connectivity index is 1.49. The SMILES string of the molecule is Cc1ncsc1-c1ccc(CNC(=O)[C@@H]2CC(O)CN2C(=O)[C@@H](NC(=O)CCOCCOCCOCCN)C(C)(C)C)cc1. The summed E-state index contributed by atoms with van der Waals surface area (Å²) >= 11 is 1.58. The van der Waals surface area contributed by atoms with Gasteiger partial charge in [0.1, 0.15) is 12.1 Å². The van der Waals surface area contributed by atoms with Crippen molar-refractivity contribution < 1.29 is 33.7 Å². The topological polar surface area (TPSA) is 165 Å². The van der Waals surface area contributed by atoms with E-state index < -0.39 is 29.5 Å². The number of benzene rings is 1. The lowest BCUT2D eigenvalue weighted by Crippen LogP contribution is -2.57. The molecule has 44 heavy (non-hydrogen) atoms. The number of nitrogens with zero attached hydrogens (tertiary/aromatic N) is 2. The second kappa shape index (κ2) is 17.5. The Bertz CT molecular complexity index is 1200. The van der Waals surface area contributed by atoms with Crippen molar-refractivity contribution in [1.29, 1.82) is 0 Å². The smallest absolute Gasteiger partial charge is 0.246 e. The van der Waals surface area contributed by atoms with E-state index in [9.17, 15) is 19.5 Å². The van der Waals surface area contributed by atoms with Crippen molar-refractivity contribution in [3.8, 4) is 10.4 Å². The Morgan fingerprint density at radius 3 is 2.30 bits per heavy atom. The van der Waals surface area contributed by atoms with Gasteiger partial charge in [-0.2, -0.15) is 0 Å². The molecule has 0 radical (unpaired) electrons. The molecule has 1 unspecified atom stereocenters. The minimum absolute atomic E-state index is 0.0165. The first-order valence-corrected chi connectivity index (χ1v) is 15.9. The van der Waals surface area contributed by atoms with Crippen molar-refractivity contribution in [2.75, 3.05) is 52.7 Å². The van der Waals surface area contributed by atoms with Crippen molar-refractivity contribution in [3.05, 3.63) is 41.0 Å². The van der Waals surface area contributed by atoms with Crippen molar-refractivity contribution in [1.82, 2.24) is 20.5 Å². The summed E-state index contributed by atoms with van der Waals surface area (Å²) < 4.78 is 16.1. The zero-order valence-corrected chi connectivity index (χ0v) is 27.0. The molecule has 12 nitrogen and oxygen atoms in total. The van der Waals surface area contributed by atoms with Crippen LogP contribution in [0.2, 0.25) is 0 Å². The molecule has 0 bridgehead atoms. The zero-order chi connectivity index (χ0) is 32.1. The summed E-state index contributed by atoms with van der Waals surface area (Å²) in [6, 6.07) is 6.14. The number of aliphatic hydroxyl groups excluding tert-OH is 1. The molecule has 1 aromatic heterocycles. The summed E-state index contributed by atoms with van der Waals surface area (Å²) in [5.74, 6) is -1.09. The van der Waals surface area contributed by atoms with Crippen LogP contribution < -0.4 is 16.4 Å². The molecule has 0 aliphatic carbocycles. The minimum atomic E-state index is -0.893. The number of thiazole rings is 1. The predicted molar refractivity (Wildman–Crippen MR) is 168 cm³/mol. The van der Waals surface area contributed by atoms with E-state index in [0.29, 0.717) is 39.6 Å². The van der Waals surface area contributed by atoms with E-state index in [1.807, 2.05) is 57.5 Å². The lowest BCUT2D eigenvalue weighted by atomic mass is 9.85. The molecular weight excluding hydrogens is 586 g/mol. The Hall–Kier alpha value is -2.94. The van der Waals surface area contributed by atoms with Crippen LogP contribution in [0, 0.1) is 12.3 Å². The second-order valence-electron chi connectivity index (χ2n) is 11.8. The number of aryl methyl sites for hydroxylation is 1. The summed E-state index contributed by atoms with van der Waals surface area (Å²) in [6.45, 7) is 10.5. The summed E-state index contributed by atoms with van der Waals surface area (Å²) in [6.07, 6.45) is -0.648. The first-order chi connectivity index (χ1) is 21.0. The average Bonchev–Trinajstić information content (AvgIpc) is 3.60. The molecule has 3 rings (SSSR count). The zero-order valence-electron chi connectivity index (χ0n) is 26.2. The maximum Gasteiger partial charge on any atom is 0.246 e. The summed E-state index contributed by atoms with van der Waals surface area (Å²) in [4.78, 5) is 46.5. The van der Waals surface area contributed by atoms with Crippen molar-refractivity contribution in [2.24, 2.45) is 11.1 Å². The van der Waals surface area contributed by atoms with Crippen LogP contribution in [0.15, 0.2) is 29.8 Å². The molecule has 13 heteroatoms. The highest BCUT2D eigenvalue weighted by molar-refractivity contribution is 7.13.